The summed E-state index contributed by atoms with van der Waals surface area (Å²) in [6, 6.07) is 9.42. The third-order valence-corrected chi connectivity index (χ3v) is 3.62. The second-order valence-corrected chi connectivity index (χ2v) is 7.30. The Balaban J connectivity index is 1.90. The van der Waals surface area contributed by atoms with Gasteiger partial charge in [0.15, 0.2) is 0 Å². The van der Waals surface area contributed by atoms with Crippen LogP contribution in [0.15, 0.2) is 35.3 Å². The number of carbonyl (C=O) groups excluding carboxylic acids is 2. The van der Waals surface area contributed by atoms with Crippen LogP contribution in [0.1, 0.15) is 39.7 Å². The Labute approximate surface area is 159 Å². The third kappa shape index (κ3) is 7.55. The first kappa shape index (κ1) is 20.5. The number of ether oxygens (including phenoxy) is 2. The van der Waals surface area contributed by atoms with E-state index in [4.69, 9.17) is 9.47 Å². The summed E-state index contributed by atoms with van der Waals surface area (Å²) in [6.07, 6.45) is -0.694. The molecule has 1 atom stereocenters. The number of carbonyl (C=O) groups is 2. The zero-order valence-electron chi connectivity index (χ0n) is 16.3. The van der Waals surface area contributed by atoms with Crippen molar-refractivity contribution in [3.05, 3.63) is 35.9 Å². The lowest BCUT2D eigenvalue weighted by Gasteiger charge is -2.34. The summed E-state index contributed by atoms with van der Waals surface area (Å²) in [5, 5.41) is 5.30. The molecule has 8 nitrogen and oxygen atoms in total. The molecule has 1 heterocycles. The van der Waals surface area contributed by atoms with Crippen LogP contribution in [0.4, 0.5) is 9.59 Å². The lowest BCUT2D eigenvalue weighted by atomic mass is 10.2. The molecule has 1 aliphatic rings. The molecule has 1 saturated heterocycles. The number of aliphatic imine (C=N–C) groups is 1. The minimum atomic E-state index is -0.590. The molecule has 0 aliphatic carbocycles. The fraction of sp³-hybridized carbons (Fsp3) is 0.526. The van der Waals surface area contributed by atoms with Crippen molar-refractivity contribution in [3.8, 4) is 0 Å². The predicted molar refractivity (Wildman–Crippen MR) is 102 cm³/mol. The van der Waals surface area contributed by atoms with Crippen LogP contribution >= 0.6 is 0 Å². The van der Waals surface area contributed by atoms with Gasteiger partial charge in [-0.3, -0.25) is 10.6 Å². The molecular formula is C19H28N4O4. The maximum atomic E-state index is 12.1. The first-order valence-corrected chi connectivity index (χ1v) is 9.03. The lowest BCUT2D eigenvalue weighted by Crippen LogP contribution is -2.51. The highest BCUT2D eigenvalue weighted by Gasteiger charge is 2.23. The molecule has 1 unspecified atom stereocenters. The van der Waals surface area contributed by atoms with E-state index >= 15 is 0 Å². The molecule has 148 valence electrons. The Morgan fingerprint density at radius 2 is 1.85 bits per heavy atom. The molecule has 0 bridgehead atoms. The number of rotatable bonds is 4. The van der Waals surface area contributed by atoms with Crippen molar-refractivity contribution < 1.29 is 19.1 Å². The first-order chi connectivity index (χ1) is 12.7. The average molecular weight is 376 g/mol. The summed E-state index contributed by atoms with van der Waals surface area (Å²) in [5.74, 6) is 0.378. The molecule has 2 N–H and O–H groups in total. The number of nitrogens with zero attached hydrogens (tertiary/aromatic N) is 2. The molecule has 2 amide bonds. The van der Waals surface area contributed by atoms with Crippen molar-refractivity contribution in [1.82, 2.24) is 15.5 Å². The van der Waals surface area contributed by atoms with Gasteiger partial charge in [0.2, 0.25) is 5.96 Å². The van der Waals surface area contributed by atoms with Gasteiger partial charge in [-0.1, -0.05) is 30.3 Å². The number of benzene rings is 1. The van der Waals surface area contributed by atoms with Gasteiger partial charge in [-0.25, -0.2) is 14.6 Å². The fourth-order valence-corrected chi connectivity index (χ4v) is 2.27. The molecule has 1 fully saturated rings. The van der Waals surface area contributed by atoms with Crippen molar-refractivity contribution in [2.24, 2.45) is 4.99 Å². The molecule has 2 rings (SSSR count). The van der Waals surface area contributed by atoms with E-state index in [2.05, 4.69) is 15.6 Å². The van der Waals surface area contributed by atoms with E-state index in [9.17, 15) is 9.59 Å². The van der Waals surface area contributed by atoms with Crippen molar-refractivity contribution in [2.75, 3.05) is 13.1 Å². The molecule has 1 aromatic rings. The van der Waals surface area contributed by atoms with Crippen LogP contribution < -0.4 is 10.6 Å². The van der Waals surface area contributed by atoms with Crippen LogP contribution in [0.25, 0.3) is 0 Å². The highest BCUT2D eigenvalue weighted by Crippen LogP contribution is 2.09. The standard InChI is InChI=1S/C19H28N4O4/c1-14(21-18(25)27-19(2,3)4)20-16(23-11-8-12-23)22-17(24)26-13-15-9-6-5-7-10-15/h5-7,9-10,14H,8,11-13H2,1-4H3,(H,21,25)(H,20,22,24). The normalized spacial score (nSPS) is 15.4. The van der Waals surface area contributed by atoms with Gasteiger partial charge in [-0.2, -0.15) is 0 Å². The monoisotopic (exact) mass is 376 g/mol. The van der Waals surface area contributed by atoms with E-state index in [1.54, 1.807) is 27.7 Å². The van der Waals surface area contributed by atoms with Crippen molar-refractivity contribution >= 4 is 18.1 Å². The zero-order chi connectivity index (χ0) is 19.9. The van der Waals surface area contributed by atoms with Gasteiger partial charge < -0.3 is 14.4 Å². The second-order valence-electron chi connectivity index (χ2n) is 7.30. The molecule has 1 aliphatic heterocycles. The summed E-state index contributed by atoms with van der Waals surface area (Å²) in [6.45, 7) is 8.82. The van der Waals surface area contributed by atoms with E-state index < -0.39 is 24.0 Å². The quantitative estimate of drug-likeness (QED) is 0.623. The van der Waals surface area contributed by atoms with Crippen molar-refractivity contribution in [1.29, 1.82) is 0 Å². The Kier molecular flexibility index (Phi) is 7.04. The predicted octanol–water partition coefficient (Wildman–Crippen LogP) is 2.85. The maximum absolute atomic E-state index is 12.1. The van der Waals surface area contributed by atoms with Gasteiger partial charge in [0.05, 0.1) is 0 Å². The smallest absolute Gasteiger partial charge is 0.414 e. The third-order valence-electron chi connectivity index (χ3n) is 3.62. The van der Waals surface area contributed by atoms with E-state index in [1.165, 1.54) is 0 Å². The van der Waals surface area contributed by atoms with E-state index in [-0.39, 0.29) is 6.61 Å². The molecule has 0 spiro atoms. The van der Waals surface area contributed by atoms with Crippen LogP contribution in [0.5, 0.6) is 0 Å². The molecule has 0 aromatic heterocycles. The van der Waals surface area contributed by atoms with Crippen molar-refractivity contribution in [3.63, 3.8) is 0 Å². The summed E-state index contributed by atoms with van der Waals surface area (Å²) in [5.41, 5.74) is 0.308. The van der Waals surface area contributed by atoms with E-state index in [1.807, 2.05) is 35.2 Å². The molecule has 27 heavy (non-hydrogen) atoms. The molecular weight excluding hydrogens is 348 g/mol. The van der Waals surface area contributed by atoms with Crippen LogP contribution in [0.3, 0.4) is 0 Å². The van der Waals surface area contributed by atoms with E-state index in [0.29, 0.717) is 5.96 Å². The molecule has 0 saturated carbocycles. The zero-order valence-corrected chi connectivity index (χ0v) is 16.3. The highest BCUT2D eigenvalue weighted by atomic mass is 16.6. The van der Waals surface area contributed by atoms with Crippen LogP contribution in [-0.4, -0.2) is 47.9 Å². The Morgan fingerprint density at radius 3 is 2.41 bits per heavy atom. The summed E-state index contributed by atoms with van der Waals surface area (Å²) in [7, 11) is 0. The number of likely N-dealkylation sites (tertiary alicyclic amines) is 1. The minimum Gasteiger partial charge on any atom is -0.444 e. The number of guanidine groups is 1. The first-order valence-electron chi connectivity index (χ1n) is 9.03. The Hall–Kier alpha value is -2.77. The van der Waals surface area contributed by atoms with Gasteiger partial charge in [0.1, 0.15) is 18.4 Å². The number of amides is 2. The Bertz CT molecular complexity index is 666. The topological polar surface area (TPSA) is 92.3 Å². The van der Waals surface area contributed by atoms with Gasteiger partial charge in [-0.05, 0) is 39.7 Å². The molecule has 1 aromatic carbocycles. The summed E-state index contributed by atoms with van der Waals surface area (Å²) < 4.78 is 10.5. The van der Waals surface area contributed by atoms with Gasteiger partial charge in [-0.15, -0.1) is 0 Å². The number of nitrogens with one attached hydrogen (secondary N) is 2. The lowest BCUT2D eigenvalue weighted by molar-refractivity contribution is 0.0510. The number of alkyl carbamates (subject to hydrolysis) is 2. The molecule has 0 radical (unpaired) electrons. The fourth-order valence-electron chi connectivity index (χ4n) is 2.27. The highest BCUT2D eigenvalue weighted by molar-refractivity contribution is 5.94. The van der Waals surface area contributed by atoms with Crippen LogP contribution in [0, 0.1) is 0 Å². The van der Waals surface area contributed by atoms with Crippen molar-refractivity contribution in [2.45, 2.75) is 52.5 Å². The summed E-state index contributed by atoms with van der Waals surface area (Å²) in [4.78, 5) is 30.3. The van der Waals surface area contributed by atoms with Gasteiger partial charge in [0.25, 0.3) is 0 Å². The SMILES string of the molecule is CC(/N=C(\NC(=O)OCc1ccccc1)N1CCC1)NC(=O)OC(C)(C)C. The van der Waals surface area contributed by atoms with Gasteiger partial charge >= 0.3 is 12.2 Å². The number of hydrogen-bond donors (Lipinski definition) is 2. The van der Waals surface area contributed by atoms with E-state index in [0.717, 1.165) is 25.1 Å². The van der Waals surface area contributed by atoms with Crippen LogP contribution in [0.2, 0.25) is 0 Å². The largest absolute Gasteiger partial charge is 0.444 e. The maximum Gasteiger partial charge on any atom is 0.414 e. The average Bonchev–Trinajstić information content (AvgIpc) is 2.50. The second kappa shape index (κ2) is 9.25. The van der Waals surface area contributed by atoms with Crippen LogP contribution in [-0.2, 0) is 16.1 Å². The van der Waals surface area contributed by atoms with Gasteiger partial charge in [0, 0.05) is 13.1 Å². The Morgan fingerprint density at radius 1 is 1.19 bits per heavy atom. The molecule has 8 heteroatoms. The minimum absolute atomic E-state index is 0.172. The summed E-state index contributed by atoms with van der Waals surface area (Å²) >= 11 is 0. The number of hydrogen-bond acceptors (Lipinski definition) is 5.